The van der Waals surface area contributed by atoms with E-state index in [4.69, 9.17) is 9.47 Å². The second kappa shape index (κ2) is 12.1. The number of benzene rings is 2. The maximum absolute atomic E-state index is 15.3. The van der Waals surface area contributed by atoms with Crippen molar-refractivity contribution in [3.63, 3.8) is 0 Å². The highest BCUT2D eigenvalue weighted by Gasteiger charge is 2.46. The van der Waals surface area contributed by atoms with Crippen molar-refractivity contribution in [1.29, 1.82) is 0 Å². The van der Waals surface area contributed by atoms with E-state index in [1.807, 2.05) is 9.24 Å². The topological polar surface area (TPSA) is 110 Å². The summed E-state index contributed by atoms with van der Waals surface area (Å²) in [5.74, 6) is -4.65. The molecule has 4 rings (SSSR count). The van der Waals surface area contributed by atoms with Crippen molar-refractivity contribution in [2.45, 2.75) is 51.0 Å². The first-order valence-electron chi connectivity index (χ1n) is 13.0. The fourth-order valence-corrected chi connectivity index (χ4v) is 5.06. The van der Waals surface area contributed by atoms with Gasteiger partial charge in [-0.1, -0.05) is 9.24 Å². The lowest BCUT2D eigenvalue weighted by Crippen LogP contribution is -2.45. The van der Waals surface area contributed by atoms with Crippen LogP contribution in [0.4, 0.5) is 18.9 Å². The Morgan fingerprint density at radius 3 is 2.33 bits per heavy atom. The van der Waals surface area contributed by atoms with E-state index >= 15 is 8.78 Å². The number of alkyl halides is 1. The summed E-state index contributed by atoms with van der Waals surface area (Å²) in [6.45, 7) is 3.92. The van der Waals surface area contributed by atoms with Crippen LogP contribution in [0, 0.1) is 18.6 Å². The number of ether oxygens (including phenoxy) is 2. The molecular formula is C29H31F3N3O6P. The zero-order valence-electron chi connectivity index (χ0n) is 23.4. The summed E-state index contributed by atoms with van der Waals surface area (Å²) in [4.78, 5) is 41.5. The Labute approximate surface area is 242 Å². The Hall–Kier alpha value is -3.89. The number of anilines is 1. The van der Waals surface area contributed by atoms with Crippen LogP contribution >= 0.6 is 9.24 Å². The quantitative estimate of drug-likeness (QED) is 0.361. The zero-order chi connectivity index (χ0) is 30.9. The normalized spacial score (nSPS) is 18.9. The van der Waals surface area contributed by atoms with Crippen molar-refractivity contribution in [3.05, 3.63) is 87.3 Å². The smallest absolute Gasteiger partial charge is 0.274 e. The number of methoxy groups -OCH3 is 1. The van der Waals surface area contributed by atoms with Crippen LogP contribution in [0.2, 0.25) is 0 Å². The summed E-state index contributed by atoms with van der Waals surface area (Å²) in [5, 5.41) is 12.4. The van der Waals surface area contributed by atoms with Gasteiger partial charge in [0, 0.05) is 48.8 Å². The maximum atomic E-state index is 15.3. The van der Waals surface area contributed by atoms with Gasteiger partial charge in [0.05, 0.1) is 19.8 Å². The predicted molar refractivity (Wildman–Crippen MR) is 153 cm³/mol. The van der Waals surface area contributed by atoms with Gasteiger partial charge in [0.25, 0.3) is 17.1 Å². The molecule has 2 aromatic carbocycles. The number of hydrogen-bond acceptors (Lipinski definition) is 6. The van der Waals surface area contributed by atoms with E-state index < -0.39 is 58.2 Å². The van der Waals surface area contributed by atoms with E-state index in [0.29, 0.717) is 5.56 Å². The van der Waals surface area contributed by atoms with Gasteiger partial charge in [0.15, 0.2) is 0 Å². The Morgan fingerprint density at radius 2 is 1.79 bits per heavy atom. The number of hydrogen-bond donors (Lipinski definition) is 2. The average Bonchev–Trinajstić information content (AvgIpc) is 3.19. The Bertz CT molecular complexity index is 1530. The first-order valence-corrected chi connectivity index (χ1v) is 13.6. The molecule has 1 aromatic heterocycles. The second-order valence-electron chi connectivity index (χ2n) is 10.3. The monoisotopic (exact) mass is 605 g/mol. The summed E-state index contributed by atoms with van der Waals surface area (Å²) in [6, 6.07) is 7.47. The molecule has 1 aliphatic rings. The predicted octanol–water partition coefficient (Wildman–Crippen LogP) is 3.65. The van der Waals surface area contributed by atoms with E-state index in [-0.39, 0.29) is 35.8 Å². The molecular weight excluding hydrogens is 574 g/mol. The molecule has 0 radical (unpaired) electrons. The van der Waals surface area contributed by atoms with Gasteiger partial charge in [-0.3, -0.25) is 14.4 Å². The first-order chi connectivity index (χ1) is 19.7. The molecule has 5 atom stereocenters. The van der Waals surface area contributed by atoms with Crippen molar-refractivity contribution in [1.82, 2.24) is 9.88 Å². The molecule has 0 saturated carbocycles. The van der Waals surface area contributed by atoms with Crippen LogP contribution in [0.1, 0.15) is 41.3 Å². The number of aryl methyl sites for hydroxylation is 1. The number of nitrogens with one attached hydrogen (secondary N) is 1. The molecule has 1 fully saturated rings. The van der Waals surface area contributed by atoms with E-state index in [9.17, 15) is 23.9 Å². The van der Waals surface area contributed by atoms with E-state index in [2.05, 4.69) is 5.32 Å². The maximum Gasteiger partial charge on any atom is 0.274 e. The highest BCUT2D eigenvalue weighted by molar-refractivity contribution is 7.18. The molecule has 1 aliphatic heterocycles. The minimum atomic E-state index is -2.04. The number of pyridine rings is 1. The molecule has 9 nitrogen and oxygen atoms in total. The molecule has 2 amide bonds. The highest BCUT2D eigenvalue weighted by Crippen LogP contribution is 2.36. The van der Waals surface area contributed by atoms with Crippen LogP contribution in [0.5, 0.6) is 11.5 Å². The number of nitrogens with zero attached hydrogens (tertiary/aromatic N) is 2. The SMILES string of the molecule is COc1cc(F)c([C@@H]2CN(c3c(C)ccn(CC(C)O)c3=O)C(=O)[C@H]2NC(=O)c2ccc(OC(C)(F)P)cc2)c(F)c1. The van der Waals surface area contributed by atoms with Crippen LogP contribution in [-0.4, -0.2) is 52.9 Å². The molecule has 3 aromatic rings. The molecule has 1 saturated heterocycles. The molecule has 3 unspecified atom stereocenters. The van der Waals surface area contributed by atoms with Crippen LogP contribution in [0.25, 0.3) is 0 Å². The Kier molecular flexibility index (Phi) is 8.98. The summed E-state index contributed by atoms with van der Waals surface area (Å²) in [7, 11) is 3.13. The number of carbonyl (C=O) groups is 2. The summed E-state index contributed by atoms with van der Waals surface area (Å²) < 4.78 is 55.6. The highest BCUT2D eigenvalue weighted by atomic mass is 31.0. The minimum absolute atomic E-state index is 0.0348. The molecule has 2 N–H and O–H groups in total. The Balaban J connectivity index is 1.74. The van der Waals surface area contributed by atoms with Gasteiger partial charge in [0.2, 0.25) is 5.91 Å². The molecule has 42 heavy (non-hydrogen) atoms. The number of aromatic nitrogens is 1. The van der Waals surface area contributed by atoms with Gasteiger partial charge in [-0.2, -0.15) is 4.39 Å². The number of halogens is 3. The fourth-order valence-electron chi connectivity index (χ4n) is 4.93. The van der Waals surface area contributed by atoms with Crippen molar-refractivity contribution >= 4 is 26.7 Å². The molecule has 0 aliphatic carbocycles. The van der Waals surface area contributed by atoms with Crippen LogP contribution in [0.15, 0.2) is 53.5 Å². The average molecular weight is 606 g/mol. The first kappa shape index (κ1) is 31.1. The lowest BCUT2D eigenvalue weighted by Gasteiger charge is -2.20. The van der Waals surface area contributed by atoms with Gasteiger partial charge in [-0.15, -0.1) is 0 Å². The number of aliphatic hydroxyl groups excluding tert-OH is 1. The number of amides is 2. The lowest BCUT2D eigenvalue weighted by atomic mass is 9.92. The van der Waals surface area contributed by atoms with E-state index in [1.54, 1.807) is 13.0 Å². The summed E-state index contributed by atoms with van der Waals surface area (Å²) in [6.07, 6.45) is 0.616. The fraction of sp³-hybridized carbons (Fsp3) is 0.345. The third-order valence-corrected chi connectivity index (χ3v) is 6.88. The van der Waals surface area contributed by atoms with E-state index in [0.717, 1.165) is 17.0 Å². The van der Waals surface area contributed by atoms with Gasteiger partial charge in [0.1, 0.15) is 34.9 Å². The molecule has 0 spiro atoms. The van der Waals surface area contributed by atoms with Crippen LogP contribution < -0.4 is 25.2 Å². The molecule has 0 bridgehead atoms. The molecule has 13 heteroatoms. The van der Waals surface area contributed by atoms with Gasteiger partial charge >= 0.3 is 0 Å². The van der Waals surface area contributed by atoms with Crippen molar-refractivity contribution in [2.75, 3.05) is 18.6 Å². The minimum Gasteiger partial charge on any atom is -0.497 e. The summed E-state index contributed by atoms with van der Waals surface area (Å²) >= 11 is 0. The van der Waals surface area contributed by atoms with Crippen molar-refractivity contribution < 1.29 is 37.3 Å². The van der Waals surface area contributed by atoms with Crippen LogP contribution in [0.3, 0.4) is 0 Å². The molecule has 224 valence electrons. The molecule has 2 heterocycles. The van der Waals surface area contributed by atoms with Crippen molar-refractivity contribution in [3.8, 4) is 11.5 Å². The lowest BCUT2D eigenvalue weighted by molar-refractivity contribution is -0.118. The number of rotatable bonds is 9. The Morgan fingerprint density at radius 1 is 1.17 bits per heavy atom. The standard InChI is InChI=1S/C29H31F3N3O6P/c1-15-9-10-34(13-16(2)36)28(39)25(15)35-14-20(23-21(30)11-19(40-4)12-22(23)31)24(27(35)38)33-26(37)17-5-7-18(8-6-17)41-29(3,32)42/h5-12,16,20,24,36H,13-14,42H2,1-4H3,(H,33,37)/t16?,20-,24-,29?/m0/s1. The zero-order valence-corrected chi connectivity index (χ0v) is 24.5. The summed E-state index contributed by atoms with van der Waals surface area (Å²) in [5.41, 5.74) is -2.63. The second-order valence-corrected chi connectivity index (χ2v) is 11.3. The van der Waals surface area contributed by atoms with Gasteiger partial charge < -0.3 is 29.4 Å². The van der Waals surface area contributed by atoms with E-state index in [1.165, 1.54) is 56.0 Å². The van der Waals surface area contributed by atoms with Crippen molar-refractivity contribution in [2.24, 2.45) is 0 Å². The third-order valence-electron chi connectivity index (χ3n) is 6.77. The van der Waals surface area contributed by atoms with Crippen LogP contribution in [-0.2, 0) is 11.3 Å². The van der Waals surface area contributed by atoms with Gasteiger partial charge in [-0.25, -0.2) is 8.78 Å². The number of aliphatic hydroxyl groups is 1. The van der Waals surface area contributed by atoms with Gasteiger partial charge in [-0.05, 0) is 49.7 Å². The third kappa shape index (κ3) is 6.60. The largest absolute Gasteiger partial charge is 0.497 e. The number of carbonyl (C=O) groups excluding carboxylic acids is 2.